The third-order valence-electron chi connectivity index (χ3n) is 4.87. The van der Waals surface area contributed by atoms with Gasteiger partial charge in [-0.3, -0.25) is 4.79 Å². The summed E-state index contributed by atoms with van der Waals surface area (Å²) in [4.78, 5) is 22.7. The summed E-state index contributed by atoms with van der Waals surface area (Å²) in [6.07, 6.45) is 5.12. The molecule has 0 radical (unpaired) electrons. The van der Waals surface area contributed by atoms with E-state index in [0.717, 1.165) is 12.8 Å². The van der Waals surface area contributed by atoms with Crippen LogP contribution in [0.3, 0.4) is 0 Å². The van der Waals surface area contributed by atoms with Crippen molar-refractivity contribution in [1.82, 2.24) is 19.2 Å². The number of benzene rings is 1. The molecule has 0 bridgehead atoms. The summed E-state index contributed by atoms with van der Waals surface area (Å²) in [5.41, 5.74) is 0.491. The highest BCUT2D eigenvalue weighted by molar-refractivity contribution is 7.89. The molecule has 2 aromatic rings. The first-order valence-corrected chi connectivity index (χ1v) is 10.4. The minimum atomic E-state index is -3.45. The minimum absolute atomic E-state index is 0.104. The Morgan fingerprint density at radius 1 is 1.04 bits per heavy atom. The van der Waals surface area contributed by atoms with Crippen molar-refractivity contribution in [3.63, 3.8) is 0 Å². The molecule has 0 saturated carbocycles. The number of sulfonamides is 1. The monoisotopic (exact) mass is 387 g/mol. The molecule has 2 saturated heterocycles. The Bertz CT molecular complexity index is 906. The van der Waals surface area contributed by atoms with E-state index in [4.69, 9.17) is 0 Å². The number of amides is 1. The van der Waals surface area contributed by atoms with E-state index in [1.165, 1.54) is 16.4 Å². The predicted octanol–water partition coefficient (Wildman–Crippen LogP) is 1.20. The molecule has 2 aliphatic heterocycles. The van der Waals surface area contributed by atoms with E-state index in [0.29, 0.717) is 37.7 Å². The average Bonchev–Trinajstić information content (AvgIpc) is 3.20. The van der Waals surface area contributed by atoms with Crippen LogP contribution >= 0.6 is 0 Å². The van der Waals surface area contributed by atoms with Gasteiger partial charge < -0.3 is 10.2 Å². The highest BCUT2D eigenvalue weighted by Gasteiger charge is 2.32. The molecule has 4 rings (SSSR count). The summed E-state index contributed by atoms with van der Waals surface area (Å²) >= 11 is 0. The van der Waals surface area contributed by atoms with Gasteiger partial charge in [-0.2, -0.15) is 4.31 Å². The van der Waals surface area contributed by atoms with Crippen LogP contribution in [0.1, 0.15) is 23.2 Å². The first-order valence-electron chi connectivity index (χ1n) is 8.97. The lowest BCUT2D eigenvalue weighted by atomic mass is 10.1. The van der Waals surface area contributed by atoms with E-state index < -0.39 is 10.0 Å². The summed E-state index contributed by atoms with van der Waals surface area (Å²) < 4.78 is 26.6. The van der Waals surface area contributed by atoms with Crippen molar-refractivity contribution in [3.8, 4) is 0 Å². The Balaban J connectivity index is 1.36. The van der Waals surface area contributed by atoms with Crippen LogP contribution in [0.25, 0.3) is 0 Å². The number of nitrogens with one attached hydrogen (secondary N) is 1. The smallest absolute Gasteiger partial charge is 0.253 e. The van der Waals surface area contributed by atoms with Crippen molar-refractivity contribution in [3.05, 3.63) is 48.3 Å². The standard InChI is InChI=1S/C18H21N5O3S/c24-17(22-12-15(13-22)21-18-19-8-3-9-20-18)14-4-6-16(7-5-14)27(25,26)23-10-1-2-11-23/h3-9,15H,1-2,10-13H2,(H,19,20,21). The van der Waals surface area contributed by atoms with Crippen LogP contribution in [0, 0.1) is 0 Å². The first kappa shape index (κ1) is 17.9. The van der Waals surface area contributed by atoms with Crippen LogP contribution in [0.2, 0.25) is 0 Å². The van der Waals surface area contributed by atoms with Crippen molar-refractivity contribution in [2.75, 3.05) is 31.5 Å². The van der Waals surface area contributed by atoms with Gasteiger partial charge in [0.25, 0.3) is 5.91 Å². The normalized spacial score (nSPS) is 18.3. The van der Waals surface area contributed by atoms with Crippen molar-refractivity contribution in [2.24, 2.45) is 0 Å². The van der Waals surface area contributed by atoms with Crippen LogP contribution in [-0.4, -0.2) is 65.7 Å². The molecule has 8 nitrogen and oxygen atoms in total. The van der Waals surface area contributed by atoms with Gasteiger partial charge in [-0.05, 0) is 43.2 Å². The SMILES string of the molecule is O=C(c1ccc(S(=O)(=O)N2CCCC2)cc1)N1CC(Nc2ncccn2)C1. The van der Waals surface area contributed by atoms with E-state index in [1.54, 1.807) is 35.5 Å². The third-order valence-corrected chi connectivity index (χ3v) is 6.78. The molecular weight excluding hydrogens is 366 g/mol. The molecule has 0 atom stereocenters. The molecule has 2 fully saturated rings. The maximum absolute atomic E-state index is 12.5. The van der Waals surface area contributed by atoms with Gasteiger partial charge in [-0.25, -0.2) is 18.4 Å². The summed E-state index contributed by atoms with van der Waals surface area (Å²) in [5, 5.41) is 3.17. The van der Waals surface area contributed by atoms with Crippen LogP contribution < -0.4 is 5.32 Å². The average molecular weight is 387 g/mol. The van der Waals surface area contributed by atoms with Gasteiger partial charge >= 0.3 is 0 Å². The van der Waals surface area contributed by atoms with E-state index in [2.05, 4.69) is 15.3 Å². The van der Waals surface area contributed by atoms with E-state index in [1.807, 2.05) is 0 Å². The fourth-order valence-corrected chi connectivity index (χ4v) is 4.84. The van der Waals surface area contributed by atoms with Crippen LogP contribution in [0.4, 0.5) is 5.95 Å². The number of carbonyl (C=O) groups excluding carboxylic acids is 1. The minimum Gasteiger partial charge on any atom is -0.348 e. The zero-order chi connectivity index (χ0) is 18.9. The fourth-order valence-electron chi connectivity index (χ4n) is 3.32. The van der Waals surface area contributed by atoms with Crippen molar-refractivity contribution in [1.29, 1.82) is 0 Å². The van der Waals surface area contributed by atoms with Crippen molar-refractivity contribution in [2.45, 2.75) is 23.8 Å². The fraction of sp³-hybridized carbons (Fsp3) is 0.389. The summed E-state index contributed by atoms with van der Waals surface area (Å²) in [7, 11) is -3.45. The molecule has 1 aromatic heterocycles. The Hall–Kier alpha value is -2.52. The molecule has 1 aromatic carbocycles. The third kappa shape index (κ3) is 3.65. The first-order chi connectivity index (χ1) is 13.0. The summed E-state index contributed by atoms with van der Waals surface area (Å²) in [6, 6.07) is 8.09. The maximum Gasteiger partial charge on any atom is 0.253 e. The number of nitrogens with zero attached hydrogens (tertiary/aromatic N) is 4. The molecule has 0 aliphatic carbocycles. The lowest BCUT2D eigenvalue weighted by Crippen LogP contribution is -2.57. The second-order valence-electron chi connectivity index (χ2n) is 6.76. The number of anilines is 1. The summed E-state index contributed by atoms with van der Waals surface area (Å²) in [5.74, 6) is 0.443. The van der Waals surface area contributed by atoms with Gasteiger partial charge in [0, 0.05) is 44.1 Å². The molecule has 1 amide bonds. The molecule has 2 aliphatic rings. The molecule has 1 N–H and O–H groups in total. The predicted molar refractivity (Wildman–Crippen MR) is 99.8 cm³/mol. The Morgan fingerprint density at radius 3 is 2.30 bits per heavy atom. The molecule has 9 heteroatoms. The quantitative estimate of drug-likeness (QED) is 0.828. The number of likely N-dealkylation sites (tertiary alicyclic amines) is 1. The number of hydrogen-bond donors (Lipinski definition) is 1. The molecular formula is C18H21N5O3S. The Morgan fingerprint density at radius 2 is 1.67 bits per heavy atom. The molecule has 3 heterocycles. The maximum atomic E-state index is 12.5. The van der Waals surface area contributed by atoms with Gasteiger partial charge in [0.2, 0.25) is 16.0 Å². The van der Waals surface area contributed by atoms with Crippen LogP contribution in [-0.2, 0) is 10.0 Å². The van der Waals surface area contributed by atoms with E-state index in [9.17, 15) is 13.2 Å². The zero-order valence-corrected chi connectivity index (χ0v) is 15.6. The molecule has 142 valence electrons. The number of aromatic nitrogens is 2. The largest absolute Gasteiger partial charge is 0.348 e. The topological polar surface area (TPSA) is 95.5 Å². The van der Waals surface area contributed by atoms with Gasteiger partial charge in [-0.15, -0.1) is 0 Å². The highest BCUT2D eigenvalue weighted by Crippen LogP contribution is 2.22. The number of hydrogen-bond acceptors (Lipinski definition) is 6. The number of rotatable bonds is 5. The number of carbonyl (C=O) groups is 1. The Labute approximate surface area is 158 Å². The summed E-state index contributed by atoms with van der Waals surface area (Å²) in [6.45, 7) is 2.25. The van der Waals surface area contributed by atoms with Crippen molar-refractivity contribution < 1.29 is 13.2 Å². The second-order valence-corrected chi connectivity index (χ2v) is 8.70. The zero-order valence-electron chi connectivity index (χ0n) is 14.8. The molecule has 27 heavy (non-hydrogen) atoms. The van der Waals surface area contributed by atoms with Gasteiger partial charge in [-0.1, -0.05) is 0 Å². The Kier molecular flexibility index (Phi) is 4.79. The van der Waals surface area contributed by atoms with Gasteiger partial charge in [0.1, 0.15) is 0 Å². The van der Waals surface area contributed by atoms with Crippen LogP contribution in [0.5, 0.6) is 0 Å². The molecule has 0 unspecified atom stereocenters. The molecule has 0 spiro atoms. The van der Waals surface area contributed by atoms with Crippen LogP contribution in [0.15, 0.2) is 47.6 Å². The van der Waals surface area contributed by atoms with Gasteiger partial charge in [0.15, 0.2) is 0 Å². The van der Waals surface area contributed by atoms with Crippen molar-refractivity contribution >= 4 is 21.9 Å². The van der Waals surface area contributed by atoms with E-state index >= 15 is 0 Å². The second kappa shape index (κ2) is 7.24. The van der Waals surface area contributed by atoms with Gasteiger partial charge in [0.05, 0.1) is 10.9 Å². The highest BCUT2D eigenvalue weighted by atomic mass is 32.2. The van der Waals surface area contributed by atoms with E-state index in [-0.39, 0.29) is 16.8 Å². The lowest BCUT2D eigenvalue weighted by Gasteiger charge is -2.39. The lowest BCUT2D eigenvalue weighted by molar-refractivity contribution is 0.0624.